The smallest absolute Gasteiger partial charge is 0.165 e. The van der Waals surface area contributed by atoms with Crippen molar-refractivity contribution in [3.8, 4) is 0 Å². The van der Waals surface area contributed by atoms with Crippen molar-refractivity contribution in [2.24, 2.45) is 11.7 Å². The Morgan fingerprint density at radius 1 is 1.38 bits per heavy atom. The molecule has 88 valence electrons. The van der Waals surface area contributed by atoms with Crippen LogP contribution in [0, 0.1) is 12.8 Å². The Balaban J connectivity index is 3.28. The van der Waals surface area contributed by atoms with Gasteiger partial charge in [-0.3, -0.25) is 4.79 Å². The van der Waals surface area contributed by atoms with Gasteiger partial charge in [0, 0.05) is 17.2 Å². The van der Waals surface area contributed by atoms with E-state index >= 15 is 0 Å². The van der Waals surface area contributed by atoms with Crippen LogP contribution in [0.25, 0.3) is 0 Å². The maximum atomic E-state index is 12.0. The molecule has 1 aromatic rings. The summed E-state index contributed by atoms with van der Waals surface area (Å²) in [5.41, 5.74) is 14.8. The summed E-state index contributed by atoms with van der Waals surface area (Å²) < 4.78 is 0. The largest absolute Gasteiger partial charge is 0.399 e. The van der Waals surface area contributed by atoms with Crippen LogP contribution >= 0.6 is 0 Å². The van der Waals surface area contributed by atoms with Crippen LogP contribution in [-0.2, 0) is 6.42 Å². The highest BCUT2D eigenvalue weighted by molar-refractivity contribution is 5.99. The third-order valence-electron chi connectivity index (χ3n) is 2.68. The number of aryl methyl sites for hydroxylation is 1. The minimum atomic E-state index is -0.0160. The van der Waals surface area contributed by atoms with Gasteiger partial charge in [-0.05, 0) is 43.1 Å². The van der Waals surface area contributed by atoms with E-state index in [9.17, 15) is 4.79 Å². The quantitative estimate of drug-likeness (QED) is 0.601. The number of hydrogen-bond acceptors (Lipinski definition) is 3. The summed E-state index contributed by atoms with van der Waals surface area (Å²) >= 11 is 0. The van der Waals surface area contributed by atoms with E-state index in [0.717, 1.165) is 23.1 Å². The van der Waals surface area contributed by atoms with Crippen LogP contribution in [0.15, 0.2) is 12.1 Å². The Bertz CT molecular complexity index is 397. The number of rotatable bonds is 4. The van der Waals surface area contributed by atoms with Crippen LogP contribution in [0.5, 0.6) is 0 Å². The number of carbonyl (C=O) groups is 1. The molecule has 0 aliphatic heterocycles. The molecule has 0 saturated heterocycles. The van der Waals surface area contributed by atoms with Gasteiger partial charge < -0.3 is 11.5 Å². The van der Waals surface area contributed by atoms with Crippen molar-refractivity contribution in [2.45, 2.75) is 27.2 Å². The highest BCUT2D eigenvalue weighted by Crippen LogP contribution is 2.22. The lowest BCUT2D eigenvalue weighted by Crippen LogP contribution is -2.15. The van der Waals surface area contributed by atoms with Crippen LogP contribution in [0.3, 0.4) is 0 Å². The van der Waals surface area contributed by atoms with E-state index < -0.39 is 0 Å². The van der Waals surface area contributed by atoms with Crippen LogP contribution in [0.4, 0.5) is 5.69 Å². The first-order valence-corrected chi connectivity index (χ1v) is 5.60. The zero-order valence-corrected chi connectivity index (χ0v) is 10.2. The van der Waals surface area contributed by atoms with Gasteiger partial charge in [0.05, 0.1) is 0 Å². The lowest BCUT2D eigenvalue weighted by Gasteiger charge is -2.14. The minimum Gasteiger partial charge on any atom is -0.399 e. The third-order valence-corrected chi connectivity index (χ3v) is 2.68. The standard InChI is InChI=1S/C13H20N2O/c1-8(2)13(16)12-7-10(15)6-9(3)11(12)4-5-14/h6-8H,4-5,14-15H2,1-3H3. The molecule has 0 bridgehead atoms. The number of hydrogen-bond donors (Lipinski definition) is 2. The Kier molecular flexibility index (Phi) is 4.07. The minimum absolute atomic E-state index is 0.0160. The molecule has 0 spiro atoms. The number of anilines is 1. The first-order chi connectivity index (χ1) is 7.47. The Morgan fingerprint density at radius 2 is 2.00 bits per heavy atom. The normalized spacial score (nSPS) is 10.8. The molecule has 0 aliphatic carbocycles. The van der Waals surface area contributed by atoms with Crippen LogP contribution in [-0.4, -0.2) is 12.3 Å². The highest BCUT2D eigenvalue weighted by atomic mass is 16.1. The molecule has 4 N–H and O–H groups in total. The first kappa shape index (κ1) is 12.7. The van der Waals surface area contributed by atoms with Gasteiger partial charge in [-0.1, -0.05) is 13.8 Å². The predicted molar refractivity (Wildman–Crippen MR) is 67.5 cm³/mol. The fourth-order valence-corrected chi connectivity index (χ4v) is 1.85. The number of nitrogens with two attached hydrogens (primary N) is 2. The van der Waals surface area contributed by atoms with E-state index in [4.69, 9.17) is 11.5 Å². The van der Waals surface area contributed by atoms with E-state index in [-0.39, 0.29) is 11.7 Å². The highest BCUT2D eigenvalue weighted by Gasteiger charge is 2.16. The number of nitrogen functional groups attached to an aromatic ring is 1. The summed E-state index contributed by atoms with van der Waals surface area (Å²) in [5, 5.41) is 0. The van der Waals surface area contributed by atoms with E-state index in [0.29, 0.717) is 12.2 Å². The molecule has 0 aromatic heterocycles. The number of ketones is 1. The van der Waals surface area contributed by atoms with Crippen molar-refractivity contribution in [1.82, 2.24) is 0 Å². The molecule has 0 heterocycles. The van der Waals surface area contributed by atoms with Crippen molar-refractivity contribution in [1.29, 1.82) is 0 Å². The van der Waals surface area contributed by atoms with Gasteiger partial charge in [-0.15, -0.1) is 0 Å². The zero-order chi connectivity index (χ0) is 12.3. The molecule has 0 aliphatic rings. The maximum absolute atomic E-state index is 12.0. The summed E-state index contributed by atoms with van der Waals surface area (Å²) in [6.45, 7) is 6.31. The van der Waals surface area contributed by atoms with Gasteiger partial charge in [-0.2, -0.15) is 0 Å². The summed E-state index contributed by atoms with van der Waals surface area (Å²) in [5.74, 6) is 0.122. The fraction of sp³-hybridized carbons (Fsp3) is 0.462. The first-order valence-electron chi connectivity index (χ1n) is 5.60. The molecule has 3 nitrogen and oxygen atoms in total. The van der Waals surface area contributed by atoms with Gasteiger partial charge in [0.15, 0.2) is 5.78 Å². The molecule has 1 rings (SSSR count). The average molecular weight is 220 g/mol. The zero-order valence-electron chi connectivity index (χ0n) is 10.2. The second-order valence-corrected chi connectivity index (χ2v) is 4.42. The predicted octanol–water partition coefficient (Wildman–Crippen LogP) is 1.92. The summed E-state index contributed by atoms with van der Waals surface area (Å²) in [6, 6.07) is 3.66. The molecule has 3 heteroatoms. The molecule has 0 unspecified atom stereocenters. The monoisotopic (exact) mass is 220 g/mol. The van der Waals surface area contributed by atoms with Crippen LogP contribution in [0.2, 0.25) is 0 Å². The molecule has 16 heavy (non-hydrogen) atoms. The second kappa shape index (κ2) is 5.12. The van der Waals surface area contributed by atoms with Crippen molar-refractivity contribution < 1.29 is 4.79 Å². The second-order valence-electron chi connectivity index (χ2n) is 4.42. The van der Waals surface area contributed by atoms with Gasteiger partial charge in [-0.25, -0.2) is 0 Å². The van der Waals surface area contributed by atoms with Crippen molar-refractivity contribution >= 4 is 11.5 Å². The summed E-state index contributed by atoms with van der Waals surface area (Å²) in [6.07, 6.45) is 0.722. The molecule has 0 saturated carbocycles. The third kappa shape index (κ3) is 2.61. The van der Waals surface area contributed by atoms with E-state index in [1.54, 1.807) is 6.07 Å². The molecule has 0 fully saturated rings. The Labute approximate surface area is 96.8 Å². The maximum Gasteiger partial charge on any atom is 0.165 e. The molecule has 0 atom stereocenters. The Hall–Kier alpha value is -1.35. The molecular weight excluding hydrogens is 200 g/mol. The SMILES string of the molecule is Cc1cc(N)cc(C(=O)C(C)C)c1CCN. The number of benzene rings is 1. The topological polar surface area (TPSA) is 69.1 Å². The van der Waals surface area contributed by atoms with Crippen molar-refractivity contribution in [3.63, 3.8) is 0 Å². The Morgan fingerprint density at radius 3 is 2.50 bits per heavy atom. The van der Waals surface area contributed by atoms with Gasteiger partial charge >= 0.3 is 0 Å². The summed E-state index contributed by atoms with van der Waals surface area (Å²) in [7, 11) is 0. The molecule has 0 radical (unpaired) electrons. The van der Waals surface area contributed by atoms with E-state index in [2.05, 4.69) is 0 Å². The number of carbonyl (C=O) groups excluding carboxylic acids is 1. The van der Waals surface area contributed by atoms with Crippen molar-refractivity contribution in [2.75, 3.05) is 12.3 Å². The lowest BCUT2D eigenvalue weighted by atomic mass is 9.91. The fourth-order valence-electron chi connectivity index (χ4n) is 1.85. The van der Waals surface area contributed by atoms with E-state index in [1.807, 2.05) is 26.8 Å². The number of Topliss-reactive ketones (excluding diaryl/α,β-unsaturated/α-hetero) is 1. The van der Waals surface area contributed by atoms with Crippen LogP contribution in [0.1, 0.15) is 35.3 Å². The van der Waals surface area contributed by atoms with Gasteiger partial charge in [0.25, 0.3) is 0 Å². The van der Waals surface area contributed by atoms with Crippen LogP contribution < -0.4 is 11.5 Å². The molecular formula is C13H20N2O. The molecule has 1 aromatic carbocycles. The van der Waals surface area contributed by atoms with Gasteiger partial charge in [0.2, 0.25) is 0 Å². The molecule has 0 amide bonds. The van der Waals surface area contributed by atoms with Crippen molar-refractivity contribution in [3.05, 3.63) is 28.8 Å². The van der Waals surface area contributed by atoms with Gasteiger partial charge in [0.1, 0.15) is 0 Å². The average Bonchev–Trinajstić information content (AvgIpc) is 2.20. The van der Waals surface area contributed by atoms with E-state index in [1.165, 1.54) is 0 Å². The lowest BCUT2D eigenvalue weighted by molar-refractivity contribution is 0.0938. The summed E-state index contributed by atoms with van der Waals surface area (Å²) in [4.78, 5) is 12.0.